The minimum atomic E-state index is -0.157. The van der Waals surface area contributed by atoms with Crippen LogP contribution in [-0.4, -0.2) is 4.98 Å². The van der Waals surface area contributed by atoms with E-state index >= 15 is 0 Å². The summed E-state index contributed by atoms with van der Waals surface area (Å²) in [6.45, 7) is 4.74. The Hall–Kier alpha value is -5.71. The van der Waals surface area contributed by atoms with E-state index in [0.29, 0.717) is 0 Å². The van der Waals surface area contributed by atoms with Gasteiger partial charge in [-0.25, -0.2) is 4.98 Å². The third-order valence-corrected chi connectivity index (χ3v) is 11.2. The fourth-order valence-corrected chi connectivity index (χ4v) is 8.94. The normalized spacial score (nSPS) is 13.4. The van der Waals surface area contributed by atoms with Crippen molar-refractivity contribution in [1.29, 1.82) is 0 Å². The lowest BCUT2D eigenvalue weighted by atomic mass is 9.80. The first-order chi connectivity index (χ1) is 23.5. The average molecular weight is 635 g/mol. The first-order valence-electron chi connectivity index (χ1n) is 16.4. The maximum Gasteiger partial charge on any atom is 0.135 e. The molecule has 0 N–H and O–H groups in total. The van der Waals surface area contributed by atoms with Gasteiger partial charge in [-0.1, -0.05) is 105 Å². The number of furan rings is 1. The Bertz CT molecular complexity index is 2700. The third-order valence-electron chi connectivity index (χ3n) is 10.1. The molecule has 0 aliphatic heterocycles. The zero-order chi connectivity index (χ0) is 32.0. The predicted octanol–water partition coefficient (Wildman–Crippen LogP) is 12.8. The van der Waals surface area contributed by atoms with E-state index in [0.717, 1.165) is 55.1 Å². The lowest BCUT2D eigenvalue weighted by molar-refractivity contribution is 0.666. The third kappa shape index (κ3) is 3.96. The molecule has 2 heterocycles. The summed E-state index contributed by atoms with van der Waals surface area (Å²) in [5.74, 6) is 0. The SMILES string of the molecule is CC1(C)c2ccc(N(c3ccccc3)c3ccc4oc5ccccc5c4c3)cc2-c2ccc3c(ccc4nc(-c5ccccc5)sc43)c21. The Kier molecular flexibility index (Phi) is 5.79. The average Bonchev–Trinajstić information content (AvgIpc) is 3.80. The second kappa shape index (κ2) is 10.1. The molecule has 0 bridgehead atoms. The molecule has 48 heavy (non-hydrogen) atoms. The maximum absolute atomic E-state index is 6.19. The number of fused-ring (bicyclic) bond motifs is 10. The van der Waals surface area contributed by atoms with Crippen LogP contribution in [0.3, 0.4) is 0 Å². The molecule has 1 aliphatic carbocycles. The monoisotopic (exact) mass is 634 g/mol. The fourth-order valence-electron chi connectivity index (χ4n) is 7.84. The molecular formula is C44H30N2OS. The Morgan fingerprint density at radius 1 is 0.562 bits per heavy atom. The topological polar surface area (TPSA) is 29.3 Å². The van der Waals surface area contributed by atoms with Crippen LogP contribution in [-0.2, 0) is 5.41 Å². The van der Waals surface area contributed by atoms with Gasteiger partial charge >= 0.3 is 0 Å². The molecule has 2 aromatic heterocycles. The van der Waals surface area contributed by atoms with Gasteiger partial charge in [0.2, 0.25) is 0 Å². The Balaban J connectivity index is 1.15. The van der Waals surface area contributed by atoms with Crippen molar-refractivity contribution in [2.45, 2.75) is 19.3 Å². The second-order valence-electron chi connectivity index (χ2n) is 13.2. The van der Waals surface area contributed by atoms with Gasteiger partial charge in [0, 0.05) is 44.2 Å². The summed E-state index contributed by atoms with van der Waals surface area (Å²) in [5.41, 5.74) is 12.5. The van der Waals surface area contributed by atoms with Crippen LogP contribution in [0.1, 0.15) is 25.0 Å². The quantitative estimate of drug-likeness (QED) is 0.193. The van der Waals surface area contributed by atoms with Crippen LogP contribution >= 0.6 is 11.3 Å². The maximum atomic E-state index is 6.19. The molecule has 3 nitrogen and oxygen atoms in total. The number of rotatable bonds is 4. The number of para-hydroxylation sites is 2. The van der Waals surface area contributed by atoms with Gasteiger partial charge in [0.1, 0.15) is 16.2 Å². The van der Waals surface area contributed by atoms with Crippen LogP contribution in [0, 0.1) is 0 Å². The Labute approximate surface area is 282 Å². The molecule has 0 atom stereocenters. The summed E-state index contributed by atoms with van der Waals surface area (Å²) in [6, 6.07) is 52.1. The van der Waals surface area contributed by atoms with Gasteiger partial charge in [-0.15, -0.1) is 11.3 Å². The number of anilines is 3. The van der Waals surface area contributed by atoms with Gasteiger partial charge in [0.15, 0.2) is 0 Å². The van der Waals surface area contributed by atoms with Gasteiger partial charge < -0.3 is 9.32 Å². The van der Waals surface area contributed by atoms with Crippen LogP contribution in [0.2, 0.25) is 0 Å². The summed E-state index contributed by atoms with van der Waals surface area (Å²) in [4.78, 5) is 7.39. The molecule has 0 fully saturated rings. The number of hydrogen-bond acceptors (Lipinski definition) is 4. The number of hydrogen-bond donors (Lipinski definition) is 0. The zero-order valence-corrected chi connectivity index (χ0v) is 27.4. The van der Waals surface area contributed by atoms with Crippen molar-refractivity contribution in [3.8, 4) is 21.7 Å². The highest BCUT2D eigenvalue weighted by Crippen LogP contribution is 2.54. The van der Waals surface area contributed by atoms with Crippen LogP contribution in [0.15, 0.2) is 150 Å². The van der Waals surface area contributed by atoms with Gasteiger partial charge in [0.25, 0.3) is 0 Å². The van der Waals surface area contributed by atoms with Crippen molar-refractivity contribution in [2.24, 2.45) is 0 Å². The standard InChI is InChI=1S/C44H30N2OS/c1-44(2)37-22-17-29(46(28-13-7-4-8-14-28)30-18-24-40-36(26-30)31-15-9-10-16-39(31)47-40)25-35(37)33-19-20-34-32(41(33)44)21-23-38-42(34)48-43(45-38)27-11-5-3-6-12-27/h3-26H,1-2H3. The molecule has 0 radical (unpaired) electrons. The Morgan fingerprint density at radius 3 is 2.12 bits per heavy atom. The van der Waals surface area contributed by atoms with Crippen molar-refractivity contribution in [2.75, 3.05) is 4.90 Å². The lowest BCUT2D eigenvalue weighted by Crippen LogP contribution is -2.16. The molecular weight excluding hydrogens is 605 g/mol. The second-order valence-corrected chi connectivity index (χ2v) is 14.2. The molecule has 7 aromatic carbocycles. The minimum Gasteiger partial charge on any atom is -0.456 e. The molecule has 0 spiro atoms. The van der Waals surface area contributed by atoms with E-state index < -0.39 is 0 Å². The van der Waals surface area contributed by atoms with Crippen molar-refractivity contribution >= 4 is 71.3 Å². The lowest BCUT2D eigenvalue weighted by Gasteiger charge is -2.27. The highest BCUT2D eigenvalue weighted by molar-refractivity contribution is 7.22. The van der Waals surface area contributed by atoms with E-state index in [1.807, 2.05) is 12.1 Å². The molecule has 228 valence electrons. The van der Waals surface area contributed by atoms with Crippen LogP contribution < -0.4 is 4.90 Å². The smallest absolute Gasteiger partial charge is 0.135 e. The van der Waals surface area contributed by atoms with E-state index in [-0.39, 0.29) is 5.41 Å². The van der Waals surface area contributed by atoms with Crippen molar-refractivity contribution in [3.05, 3.63) is 157 Å². The molecule has 0 saturated carbocycles. The summed E-state index contributed by atoms with van der Waals surface area (Å²) < 4.78 is 7.43. The number of benzene rings is 7. The molecule has 0 amide bonds. The van der Waals surface area contributed by atoms with Crippen LogP contribution in [0.4, 0.5) is 17.1 Å². The van der Waals surface area contributed by atoms with Crippen molar-refractivity contribution in [3.63, 3.8) is 0 Å². The summed E-state index contributed by atoms with van der Waals surface area (Å²) in [7, 11) is 0. The van der Waals surface area contributed by atoms with E-state index in [4.69, 9.17) is 9.40 Å². The number of nitrogens with zero attached hydrogens (tertiary/aromatic N) is 2. The van der Waals surface area contributed by atoms with Gasteiger partial charge in [-0.3, -0.25) is 0 Å². The zero-order valence-electron chi connectivity index (χ0n) is 26.6. The van der Waals surface area contributed by atoms with Crippen molar-refractivity contribution in [1.82, 2.24) is 4.98 Å². The largest absolute Gasteiger partial charge is 0.456 e. The first-order valence-corrected chi connectivity index (χ1v) is 17.2. The number of aromatic nitrogens is 1. The van der Waals surface area contributed by atoms with E-state index in [1.165, 1.54) is 37.7 Å². The molecule has 0 unspecified atom stereocenters. The highest BCUT2D eigenvalue weighted by atomic mass is 32.1. The van der Waals surface area contributed by atoms with Crippen LogP contribution in [0.25, 0.3) is 64.6 Å². The van der Waals surface area contributed by atoms with Gasteiger partial charge in [0.05, 0.1) is 10.2 Å². The van der Waals surface area contributed by atoms with Gasteiger partial charge in [-0.05, 0) is 82.2 Å². The molecule has 0 saturated heterocycles. The Morgan fingerprint density at radius 2 is 1.27 bits per heavy atom. The molecule has 10 rings (SSSR count). The summed E-state index contributed by atoms with van der Waals surface area (Å²) >= 11 is 1.79. The van der Waals surface area contributed by atoms with Crippen LogP contribution in [0.5, 0.6) is 0 Å². The minimum absolute atomic E-state index is 0.157. The van der Waals surface area contributed by atoms with Crippen molar-refractivity contribution < 1.29 is 4.42 Å². The molecule has 9 aromatic rings. The first kappa shape index (κ1) is 27.4. The highest BCUT2D eigenvalue weighted by Gasteiger charge is 2.37. The number of thiazole rings is 1. The molecule has 4 heteroatoms. The van der Waals surface area contributed by atoms with Gasteiger partial charge in [-0.2, -0.15) is 0 Å². The van der Waals surface area contributed by atoms with E-state index in [9.17, 15) is 0 Å². The fraction of sp³-hybridized carbons (Fsp3) is 0.0682. The summed E-state index contributed by atoms with van der Waals surface area (Å²) in [5, 5.41) is 5.90. The summed E-state index contributed by atoms with van der Waals surface area (Å²) in [6.07, 6.45) is 0. The van der Waals surface area contributed by atoms with E-state index in [1.54, 1.807) is 11.3 Å². The predicted molar refractivity (Wildman–Crippen MR) is 202 cm³/mol. The molecule has 1 aliphatic rings. The van der Waals surface area contributed by atoms with E-state index in [2.05, 4.69) is 152 Å².